The Morgan fingerprint density at radius 3 is 2.52 bits per heavy atom. The first-order chi connectivity index (χ1) is 11.7. The van der Waals surface area contributed by atoms with E-state index in [4.69, 9.17) is 4.74 Å². The van der Waals surface area contributed by atoms with E-state index in [0.29, 0.717) is 6.07 Å². The van der Waals surface area contributed by atoms with Crippen LogP contribution < -0.4 is 5.69 Å². The number of carbonyl (C=O) groups excluding carboxylic acids is 1. The fourth-order valence-electron chi connectivity index (χ4n) is 2.27. The highest BCUT2D eigenvalue weighted by atomic mass is 19.1. The van der Waals surface area contributed by atoms with E-state index in [-0.39, 0.29) is 5.65 Å². The number of hydrogen-bond donors (Lipinski definition) is 0. The van der Waals surface area contributed by atoms with E-state index >= 15 is 0 Å². The molecule has 0 N–H and O–H groups in total. The minimum absolute atomic E-state index is 0.281. The van der Waals surface area contributed by atoms with E-state index in [2.05, 4.69) is 5.10 Å². The molecule has 0 saturated carbocycles. The van der Waals surface area contributed by atoms with Gasteiger partial charge in [0.2, 0.25) is 0 Å². The Labute approximate surface area is 141 Å². The fourth-order valence-corrected chi connectivity index (χ4v) is 2.27. The fraction of sp³-hybridized carbons (Fsp3) is 0.235. The second kappa shape index (κ2) is 5.80. The van der Waals surface area contributed by atoms with Crippen LogP contribution in [0.3, 0.4) is 0 Å². The molecule has 0 aliphatic heterocycles. The largest absolute Gasteiger partial charge is 0.456 e. The average Bonchev–Trinajstić information content (AvgIpc) is 2.85. The lowest BCUT2D eigenvalue weighted by Crippen LogP contribution is -2.25. The molecule has 0 atom stereocenters. The molecule has 3 aromatic rings. The minimum Gasteiger partial charge on any atom is -0.456 e. The van der Waals surface area contributed by atoms with Gasteiger partial charge < -0.3 is 4.74 Å². The van der Waals surface area contributed by atoms with Crippen molar-refractivity contribution in [3.8, 4) is 5.69 Å². The second-order valence-electron chi connectivity index (χ2n) is 6.41. The molecule has 3 rings (SSSR count). The summed E-state index contributed by atoms with van der Waals surface area (Å²) in [5.41, 5.74) is -2.16. The maximum Gasteiger partial charge on any atom is 0.355 e. The van der Waals surface area contributed by atoms with E-state index < -0.39 is 40.1 Å². The van der Waals surface area contributed by atoms with Crippen molar-refractivity contribution in [2.24, 2.45) is 0 Å². The van der Waals surface area contributed by atoms with Crippen molar-refractivity contribution < 1.29 is 18.3 Å². The quantitative estimate of drug-likeness (QED) is 0.669. The van der Waals surface area contributed by atoms with Crippen LogP contribution >= 0.6 is 0 Å². The van der Waals surface area contributed by atoms with Gasteiger partial charge >= 0.3 is 11.7 Å². The zero-order valence-corrected chi connectivity index (χ0v) is 13.8. The van der Waals surface area contributed by atoms with Crippen molar-refractivity contribution in [1.82, 2.24) is 14.2 Å². The molecule has 0 saturated heterocycles. The van der Waals surface area contributed by atoms with Crippen molar-refractivity contribution >= 4 is 11.6 Å². The molecule has 130 valence electrons. The van der Waals surface area contributed by atoms with Gasteiger partial charge in [-0.1, -0.05) is 6.07 Å². The van der Waals surface area contributed by atoms with Crippen LogP contribution in [0.1, 0.15) is 31.1 Å². The predicted octanol–water partition coefficient (Wildman–Crippen LogP) is 2.72. The molecule has 1 aromatic carbocycles. The maximum absolute atomic E-state index is 14.4. The topological polar surface area (TPSA) is 65.6 Å². The van der Waals surface area contributed by atoms with Crippen LogP contribution in [0.5, 0.6) is 0 Å². The molecule has 0 amide bonds. The molecule has 0 fully saturated rings. The first-order valence-corrected chi connectivity index (χ1v) is 7.46. The van der Waals surface area contributed by atoms with Crippen molar-refractivity contribution in [2.75, 3.05) is 0 Å². The number of pyridine rings is 1. The van der Waals surface area contributed by atoms with Gasteiger partial charge in [-0.2, -0.15) is 4.68 Å². The zero-order valence-electron chi connectivity index (χ0n) is 13.8. The Kier molecular flexibility index (Phi) is 3.90. The number of ether oxygens (including phenoxy) is 1. The van der Waals surface area contributed by atoms with Crippen molar-refractivity contribution in [3.63, 3.8) is 0 Å². The number of halogens is 2. The molecule has 6 nitrogen and oxygen atoms in total. The summed E-state index contributed by atoms with van der Waals surface area (Å²) >= 11 is 0. The van der Waals surface area contributed by atoms with Crippen LogP contribution in [-0.4, -0.2) is 25.8 Å². The van der Waals surface area contributed by atoms with Crippen molar-refractivity contribution in [1.29, 1.82) is 0 Å². The molecule has 0 aliphatic carbocycles. The molecule has 2 heterocycles. The smallest absolute Gasteiger partial charge is 0.355 e. The van der Waals surface area contributed by atoms with Gasteiger partial charge in [0, 0.05) is 12.3 Å². The van der Waals surface area contributed by atoms with Crippen molar-refractivity contribution in [3.05, 3.63) is 64.2 Å². The second-order valence-corrected chi connectivity index (χ2v) is 6.41. The van der Waals surface area contributed by atoms with Gasteiger partial charge in [0.1, 0.15) is 22.9 Å². The van der Waals surface area contributed by atoms with E-state index in [1.807, 2.05) is 0 Å². The predicted molar refractivity (Wildman–Crippen MR) is 85.9 cm³/mol. The Balaban J connectivity index is 2.10. The number of benzene rings is 1. The summed E-state index contributed by atoms with van der Waals surface area (Å²) in [4.78, 5) is 24.3. The number of esters is 1. The van der Waals surface area contributed by atoms with E-state index in [1.54, 1.807) is 39.0 Å². The first kappa shape index (κ1) is 16.8. The van der Waals surface area contributed by atoms with Gasteiger partial charge in [0.25, 0.3) is 0 Å². The summed E-state index contributed by atoms with van der Waals surface area (Å²) in [6, 6.07) is 6.29. The van der Waals surface area contributed by atoms with Crippen LogP contribution in [0.2, 0.25) is 0 Å². The third-order valence-corrected chi connectivity index (χ3v) is 3.31. The first-order valence-electron chi connectivity index (χ1n) is 7.46. The number of fused-ring (bicyclic) bond motifs is 1. The molecule has 2 aromatic heterocycles. The molecule has 0 spiro atoms. The number of hydrogen-bond acceptors (Lipinski definition) is 4. The minimum atomic E-state index is -1.00. The molecular formula is C17H15F2N3O3. The van der Waals surface area contributed by atoms with E-state index in [1.165, 1.54) is 10.6 Å². The van der Waals surface area contributed by atoms with E-state index in [9.17, 15) is 18.4 Å². The highest BCUT2D eigenvalue weighted by Gasteiger charge is 2.24. The van der Waals surface area contributed by atoms with Crippen molar-refractivity contribution in [2.45, 2.75) is 26.4 Å². The Morgan fingerprint density at radius 2 is 1.88 bits per heavy atom. The normalized spacial score (nSPS) is 11.7. The standard InChI is InChI=1S/C17H15F2N3O3/c1-17(2,3)25-15(23)10-8-12(19)13(9-11(10)18)22-16(24)21-7-5-4-6-14(21)20-22/h4-9H,1-3H3. The number of aromatic nitrogens is 3. The number of rotatable bonds is 2. The van der Waals surface area contributed by atoms with Gasteiger partial charge in [0.05, 0.1) is 5.56 Å². The molecule has 0 radical (unpaired) electrons. The average molecular weight is 347 g/mol. The van der Waals surface area contributed by atoms with Crippen LogP contribution in [0.4, 0.5) is 8.78 Å². The van der Waals surface area contributed by atoms with Gasteiger partial charge in [0.15, 0.2) is 5.65 Å². The molecule has 0 aliphatic rings. The zero-order chi connectivity index (χ0) is 18.4. The molecule has 0 unspecified atom stereocenters. The van der Waals surface area contributed by atoms with Crippen LogP contribution in [0.25, 0.3) is 11.3 Å². The number of carbonyl (C=O) groups is 1. The molecule has 25 heavy (non-hydrogen) atoms. The summed E-state index contributed by atoms with van der Waals surface area (Å²) in [6.45, 7) is 4.84. The highest BCUT2D eigenvalue weighted by molar-refractivity contribution is 5.90. The van der Waals surface area contributed by atoms with E-state index in [0.717, 1.165) is 10.7 Å². The Morgan fingerprint density at radius 1 is 1.16 bits per heavy atom. The lowest BCUT2D eigenvalue weighted by molar-refractivity contribution is 0.00641. The molecule has 0 bridgehead atoms. The van der Waals surface area contributed by atoms with Gasteiger partial charge in [-0.3, -0.25) is 0 Å². The maximum atomic E-state index is 14.4. The monoisotopic (exact) mass is 347 g/mol. The summed E-state index contributed by atoms with van der Waals surface area (Å²) < 4.78 is 35.7. The SMILES string of the molecule is CC(C)(C)OC(=O)c1cc(F)c(-n2nc3ccccn3c2=O)cc1F. The third kappa shape index (κ3) is 3.15. The summed E-state index contributed by atoms with van der Waals surface area (Å²) in [5, 5.41) is 3.96. The summed E-state index contributed by atoms with van der Waals surface area (Å²) in [6.07, 6.45) is 1.46. The Hall–Kier alpha value is -3.03. The highest BCUT2D eigenvalue weighted by Crippen LogP contribution is 2.20. The van der Waals surface area contributed by atoms with Crippen LogP contribution in [-0.2, 0) is 4.74 Å². The van der Waals surface area contributed by atoms with Crippen LogP contribution in [0.15, 0.2) is 41.3 Å². The lowest BCUT2D eigenvalue weighted by atomic mass is 10.1. The molecular weight excluding hydrogens is 332 g/mol. The number of nitrogens with zero attached hydrogens (tertiary/aromatic N) is 3. The third-order valence-electron chi connectivity index (χ3n) is 3.31. The van der Waals surface area contributed by atoms with Crippen LogP contribution in [0, 0.1) is 11.6 Å². The van der Waals surface area contributed by atoms with Gasteiger partial charge in [-0.15, -0.1) is 5.10 Å². The van der Waals surface area contributed by atoms with Gasteiger partial charge in [-0.25, -0.2) is 22.8 Å². The van der Waals surface area contributed by atoms with Gasteiger partial charge in [-0.05, 0) is 39.0 Å². The Bertz CT molecular complexity index is 1030. The summed E-state index contributed by atoms with van der Waals surface area (Å²) in [7, 11) is 0. The summed E-state index contributed by atoms with van der Waals surface area (Å²) in [5.74, 6) is -2.96. The lowest BCUT2D eigenvalue weighted by Gasteiger charge is -2.19. The molecule has 8 heteroatoms.